The Hall–Kier alpha value is -2.92. The molecule has 0 spiro atoms. The van der Waals surface area contributed by atoms with Crippen molar-refractivity contribution in [3.8, 4) is 16.8 Å². The number of hydrogen-bond donors (Lipinski definition) is 1. The third-order valence-electron chi connectivity index (χ3n) is 4.10. The van der Waals surface area contributed by atoms with Gasteiger partial charge in [0.2, 0.25) is 11.3 Å². The lowest BCUT2D eigenvalue weighted by Crippen LogP contribution is -2.24. The number of halogens is 1. The van der Waals surface area contributed by atoms with Gasteiger partial charge in [0, 0.05) is 11.4 Å². The summed E-state index contributed by atoms with van der Waals surface area (Å²) in [5.41, 5.74) is 1.91. The Kier molecular flexibility index (Phi) is 5.72. The number of anilines is 1. The largest absolute Gasteiger partial charge is 0.310 e. The summed E-state index contributed by atoms with van der Waals surface area (Å²) in [7, 11) is 0. The molecule has 1 amide bonds. The van der Waals surface area contributed by atoms with Crippen molar-refractivity contribution in [2.75, 3.05) is 5.32 Å². The Morgan fingerprint density at radius 2 is 1.89 bits per heavy atom. The lowest BCUT2D eigenvalue weighted by atomic mass is 10.1. The number of hydrogen-bond acceptors (Lipinski definition) is 3. The molecule has 0 radical (unpaired) electrons. The number of aromatic nitrogens is 2. The minimum Gasteiger partial charge on any atom is -0.310 e. The fourth-order valence-electron chi connectivity index (χ4n) is 2.84. The van der Waals surface area contributed by atoms with Gasteiger partial charge in [0.15, 0.2) is 0 Å². The fourth-order valence-corrected chi connectivity index (χ4v) is 3.03. The smallest absolute Gasteiger partial charge is 0.225 e. The molecule has 3 rings (SSSR count). The molecule has 1 aromatic heterocycles. The average molecular weight is 382 g/mol. The van der Waals surface area contributed by atoms with E-state index in [0.717, 1.165) is 5.56 Å². The van der Waals surface area contributed by atoms with Crippen molar-refractivity contribution in [3.63, 3.8) is 0 Å². The molecular formula is C21H20ClN3O2. The molecule has 0 fully saturated rings. The molecule has 0 aliphatic rings. The molecule has 0 saturated heterocycles. The van der Waals surface area contributed by atoms with E-state index in [9.17, 15) is 9.59 Å². The van der Waals surface area contributed by atoms with Gasteiger partial charge in [0.1, 0.15) is 11.5 Å². The summed E-state index contributed by atoms with van der Waals surface area (Å²) in [5, 5.41) is 7.84. The van der Waals surface area contributed by atoms with Crippen LogP contribution in [0.15, 0.2) is 59.4 Å². The van der Waals surface area contributed by atoms with Crippen LogP contribution in [0, 0.1) is 6.92 Å². The minimum atomic E-state index is -0.216. The second-order valence-corrected chi connectivity index (χ2v) is 6.63. The van der Waals surface area contributed by atoms with Crippen molar-refractivity contribution in [2.45, 2.75) is 26.7 Å². The molecule has 0 bridgehead atoms. The van der Waals surface area contributed by atoms with Gasteiger partial charge in [-0.25, -0.2) is 4.68 Å². The van der Waals surface area contributed by atoms with Crippen LogP contribution in [0.25, 0.3) is 16.8 Å². The molecule has 6 heteroatoms. The zero-order chi connectivity index (χ0) is 19.4. The summed E-state index contributed by atoms with van der Waals surface area (Å²) in [6.45, 7) is 3.59. The highest BCUT2D eigenvalue weighted by atomic mass is 35.5. The third kappa shape index (κ3) is 4.09. The number of nitrogens with one attached hydrogen (secondary N) is 1. The quantitative estimate of drug-likeness (QED) is 0.702. The van der Waals surface area contributed by atoms with Gasteiger partial charge in [-0.15, -0.1) is 0 Å². The van der Waals surface area contributed by atoms with Crippen LogP contribution in [-0.2, 0) is 4.79 Å². The first-order valence-corrected chi connectivity index (χ1v) is 9.14. The molecule has 1 heterocycles. The maximum absolute atomic E-state index is 12.9. The van der Waals surface area contributed by atoms with Gasteiger partial charge in [0.25, 0.3) is 0 Å². The van der Waals surface area contributed by atoms with Crippen LogP contribution in [0.3, 0.4) is 0 Å². The van der Waals surface area contributed by atoms with E-state index < -0.39 is 0 Å². The summed E-state index contributed by atoms with van der Waals surface area (Å²) in [5.74, 6) is 0.174. The van der Waals surface area contributed by atoms with E-state index in [1.54, 1.807) is 29.8 Å². The Labute approximate surface area is 162 Å². The van der Waals surface area contributed by atoms with Gasteiger partial charge >= 0.3 is 0 Å². The first-order valence-electron chi connectivity index (χ1n) is 8.76. The summed E-state index contributed by atoms with van der Waals surface area (Å²) in [6, 6.07) is 16.4. The average Bonchev–Trinajstić information content (AvgIpc) is 2.65. The highest BCUT2D eigenvalue weighted by Gasteiger charge is 2.20. The molecule has 5 nitrogen and oxygen atoms in total. The normalized spacial score (nSPS) is 10.6. The van der Waals surface area contributed by atoms with E-state index in [2.05, 4.69) is 10.4 Å². The second kappa shape index (κ2) is 8.18. The zero-order valence-corrected chi connectivity index (χ0v) is 16.0. The first-order chi connectivity index (χ1) is 13.0. The Balaban J connectivity index is 2.31. The van der Waals surface area contributed by atoms with Crippen LogP contribution in [-0.4, -0.2) is 15.7 Å². The lowest BCUT2D eigenvalue weighted by molar-refractivity contribution is -0.116. The topological polar surface area (TPSA) is 64.0 Å². The molecular weight excluding hydrogens is 362 g/mol. The fraction of sp³-hybridized carbons (Fsp3) is 0.190. The maximum atomic E-state index is 12.9. The minimum absolute atomic E-state index is 0.171. The summed E-state index contributed by atoms with van der Waals surface area (Å²) < 4.78 is 1.57. The Morgan fingerprint density at radius 3 is 2.56 bits per heavy atom. The van der Waals surface area contributed by atoms with Crippen molar-refractivity contribution in [2.24, 2.45) is 0 Å². The highest BCUT2D eigenvalue weighted by Crippen LogP contribution is 2.28. The van der Waals surface area contributed by atoms with E-state index in [-0.39, 0.29) is 11.3 Å². The van der Waals surface area contributed by atoms with Gasteiger partial charge in [-0.05, 0) is 37.1 Å². The lowest BCUT2D eigenvalue weighted by Gasteiger charge is -2.18. The van der Waals surface area contributed by atoms with Gasteiger partial charge in [0.05, 0.1) is 11.3 Å². The molecule has 0 atom stereocenters. The second-order valence-electron chi connectivity index (χ2n) is 6.19. The predicted octanol–water partition coefficient (Wildman–Crippen LogP) is 4.60. The van der Waals surface area contributed by atoms with Gasteiger partial charge < -0.3 is 5.32 Å². The van der Waals surface area contributed by atoms with Gasteiger partial charge in [-0.3, -0.25) is 9.59 Å². The molecule has 0 aliphatic heterocycles. The number of benzene rings is 2. The monoisotopic (exact) mass is 381 g/mol. The van der Waals surface area contributed by atoms with Crippen LogP contribution in [0.5, 0.6) is 0 Å². The number of aryl methyl sites for hydroxylation is 1. The zero-order valence-electron chi connectivity index (χ0n) is 15.2. The van der Waals surface area contributed by atoms with Crippen LogP contribution < -0.4 is 10.7 Å². The summed E-state index contributed by atoms with van der Waals surface area (Å²) in [6.07, 6.45) is 1.05. The van der Waals surface area contributed by atoms with Crippen molar-refractivity contribution in [3.05, 3.63) is 75.5 Å². The van der Waals surface area contributed by atoms with Crippen LogP contribution in [0.2, 0.25) is 5.02 Å². The Morgan fingerprint density at radius 1 is 1.15 bits per heavy atom. The van der Waals surface area contributed by atoms with E-state index in [0.29, 0.717) is 40.6 Å². The number of carbonyl (C=O) groups excluding carboxylic acids is 1. The molecule has 0 unspecified atom stereocenters. The van der Waals surface area contributed by atoms with Crippen molar-refractivity contribution < 1.29 is 4.79 Å². The molecule has 1 N–H and O–H groups in total. The number of nitrogens with zero attached hydrogens (tertiary/aromatic N) is 2. The predicted molar refractivity (Wildman–Crippen MR) is 109 cm³/mol. The number of rotatable bonds is 5. The molecule has 138 valence electrons. The SMILES string of the molecule is CCCC(=O)Nc1c(-c2ccccc2)c(=O)c(C)nn1-c1cccc(Cl)c1. The number of carbonyl (C=O) groups is 1. The van der Waals surface area contributed by atoms with Crippen molar-refractivity contribution in [1.82, 2.24) is 9.78 Å². The Bertz CT molecular complexity index is 1030. The van der Waals surface area contributed by atoms with Crippen LogP contribution >= 0.6 is 11.6 Å². The number of amides is 1. The molecule has 27 heavy (non-hydrogen) atoms. The van der Waals surface area contributed by atoms with E-state index in [1.807, 2.05) is 43.3 Å². The molecule has 0 saturated carbocycles. The highest BCUT2D eigenvalue weighted by molar-refractivity contribution is 6.30. The third-order valence-corrected chi connectivity index (χ3v) is 4.34. The van der Waals surface area contributed by atoms with Crippen molar-refractivity contribution in [1.29, 1.82) is 0 Å². The van der Waals surface area contributed by atoms with E-state index in [4.69, 9.17) is 11.6 Å². The van der Waals surface area contributed by atoms with Crippen LogP contribution in [0.4, 0.5) is 5.82 Å². The van der Waals surface area contributed by atoms with Crippen molar-refractivity contribution >= 4 is 23.3 Å². The van der Waals surface area contributed by atoms with Gasteiger partial charge in [-0.1, -0.05) is 54.9 Å². The van der Waals surface area contributed by atoms with Gasteiger partial charge in [-0.2, -0.15) is 5.10 Å². The van der Waals surface area contributed by atoms with E-state index >= 15 is 0 Å². The molecule has 3 aromatic rings. The molecule has 0 aliphatic carbocycles. The summed E-state index contributed by atoms with van der Waals surface area (Å²) in [4.78, 5) is 25.3. The summed E-state index contributed by atoms with van der Waals surface area (Å²) >= 11 is 6.14. The van der Waals surface area contributed by atoms with Crippen LogP contribution in [0.1, 0.15) is 25.5 Å². The van der Waals surface area contributed by atoms with E-state index in [1.165, 1.54) is 0 Å². The maximum Gasteiger partial charge on any atom is 0.225 e. The first kappa shape index (κ1) is 18.9. The standard InChI is InChI=1S/C21H20ClN3O2/c1-3-8-18(26)23-21-19(15-9-5-4-6-10-15)20(27)14(2)24-25(21)17-12-7-11-16(22)13-17/h4-7,9-13H,3,8H2,1-2H3,(H,23,26). The molecule has 2 aromatic carbocycles.